The minimum absolute atomic E-state index is 0.261. The fourth-order valence-corrected chi connectivity index (χ4v) is 5.49. The predicted octanol–water partition coefficient (Wildman–Crippen LogP) is 2.34. The van der Waals surface area contributed by atoms with Crippen LogP contribution < -0.4 is 5.73 Å². The van der Waals surface area contributed by atoms with E-state index >= 15 is 0 Å². The summed E-state index contributed by atoms with van der Waals surface area (Å²) in [5.74, 6) is 0. The number of sulfonamides is 1. The van der Waals surface area contributed by atoms with E-state index in [-0.39, 0.29) is 6.54 Å². The molecule has 0 fully saturated rings. The number of nitrogens with two attached hydrogens (primary N) is 1. The Kier molecular flexibility index (Phi) is 4.12. The van der Waals surface area contributed by atoms with Crippen molar-refractivity contribution in [2.24, 2.45) is 5.73 Å². The van der Waals surface area contributed by atoms with Gasteiger partial charge < -0.3 is 5.73 Å². The SMILES string of the molecule is NCc1sccc1S(=O)(=O)N1CCCc2ccccc2C1. The molecule has 1 aliphatic heterocycles. The highest BCUT2D eigenvalue weighted by molar-refractivity contribution is 7.89. The van der Waals surface area contributed by atoms with Crippen LogP contribution >= 0.6 is 11.3 Å². The van der Waals surface area contributed by atoms with Gasteiger partial charge in [-0.2, -0.15) is 4.31 Å². The van der Waals surface area contributed by atoms with Crippen LogP contribution in [0, 0.1) is 0 Å². The molecule has 112 valence electrons. The average molecular weight is 322 g/mol. The van der Waals surface area contributed by atoms with Crippen molar-refractivity contribution in [2.75, 3.05) is 6.54 Å². The van der Waals surface area contributed by atoms with Gasteiger partial charge in [0.1, 0.15) is 0 Å². The van der Waals surface area contributed by atoms with E-state index in [2.05, 4.69) is 6.07 Å². The molecular weight excluding hydrogens is 304 g/mol. The molecule has 0 bridgehead atoms. The first-order valence-corrected chi connectivity index (χ1v) is 9.28. The summed E-state index contributed by atoms with van der Waals surface area (Å²) in [6, 6.07) is 9.74. The molecule has 1 aromatic carbocycles. The van der Waals surface area contributed by atoms with Gasteiger partial charge >= 0.3 is 0 Å². The van der Waals surface area contributed by atoms with Gasteiger partial charge in [0.25, 0.3) is 0 Å². The highest BCUT2D eigenvalue weighted by Crippen LogP contribution is 2.28. The summed E-state index contributed by atoms with van der Waals surface area (Å²) in [5.41, 5.74) is 8.01. The number of rotatable bonds is 3. The topological polar surface area (TPSA) is 63.4 Å². The van der Waals surface area contributed by atoms with Crippen molar-refractivity contribution in [3.63, 3.8) is 0 Å². The van der Waals surface area contributed by atoms with Gasteiger partial charge in [0.05, 0.1) is 4.90 Å². The molecule has 1 aliphatic rings. The van der Waals surface area contributed by atoms with E-state index in [1.54, 1.807) is 15.8 Å². The number of aryl methyl sites for hydroxylation is 1. The fraction of sp³-hybridized carbons (Fsp3) is 0.333. The van der Waals surface area contributed by atoms with Gasteiger partial charge in [0.2, 0.25) is 10.0 Å². The second kappa shape index (κ2) is 5.88. The normalized spacial score (nSPS) is 16.4. The highest BCUT2D eigenvalue weighted by atomic mass is 32.2. The van der Waals surface area contributed by atoms with Crippen LogP contribution in [0.2, 0.25) is 0 Å². The van der Waals surface area contributed by atoms with Crippen LogP contribution in [0.3, 0.4) is 0 Å². The molecule has 0 radical (unpaired) electrons. The molecule has 6 heteroatoms. The zero-order valence-electron chi connectivity index (χ0n) is 11.7. The summed E-state index contributed by atoms with van der Waals surface area (Å²) in [5, 5.41) is 1.79. The Bertz CT molecular complexity index is 738. The Morgan fingerprint density at radius 2 is 1.95 bits per heavy atom. The third-order valence-electron chi connectivity index (χ3n) is 3.83. The van der Waals surface area contributed by atoms with E-state index in [9.17, 15) is 8.42 Å². The summed E-state index contributed by atoms with van der Waals surface area (Å²) < 4.78 is 27.3. The molecule has 1 aromatic heterocycles. The van der Waals surface area contributed by atoms with Crippen LogP contribution in [0.25, 0.3) is 0 Å². The maximum atomic E-state index is 12.9. The third-order valence-corrected chi connectivity index (χ3v) is 6.83. The lowest BCUT2D eigenvalue weighted by atomic mass is 10.0. The number of hydrogen-bond donors (Lipinski definition) is 1. The molecule has 2 aromatic rings. The zero-order valence-corrected chi connectivity index (χ0v) is 13.3. The van der Waals surface area contributed by atoms with Crippen molar-refractivity contribution in [1.29, 1.82) is 0 Å². The number of benzene rings is 1. The summed E-state index contributed by atoms with van der Waals surface area (Å²) in [4.78, 5) is 1.10. The first-order chi connectivity index (χ1) is 10.1. The first kappa shape index (κ1) is 14.7. The van der Waals surface area contributed by atoms with Crippen molar-refractivity contribution in [3.05, 3.63) is 51.7 Å². The molecule has 4 nitrogen and oxygen atoms in total. The summed E-state index contributed by atoms with van der Waals surface area (Å²) in [6.45, 7) is 1.26. The molecule has 3 rings (SSSR count). The average Bonchev–Trinajstić information content (AvgIpc) is 2.86. The molecule has 0 saturated heterocycles. The van der Waals surface area contributed by atoms with Crippen LogP contribution in [-0.4, -0.2) is 19.3 Å². The molecule has 21 heavy (non-hydrogen) atoms. The van der Waals surface area contributed by atoms with Gasteiger partial charge in [-0.15, -0.1) is 11.3 Å². The van der Waals surface area contributed by atoms with E-state index < -0.39 is 10.0 Å². The van der Waals surface area contributed by atoms with Gasteiger partial charge in [0, 0.05) is 24.5 Å². The van der Waals surface area contributed by atoms with E-state index in [4.69, 9.17) is 5.73 Å². The second-order valence-corrected chi connectivity index (χ2v) is 8.03. The Morgan fingerprint density at radius 1 is 1.19 bits per heavy atom. The predicted molar refractivity (Wildman–Crippen MR) is 84.6 cm³/mol. The summed E-state index contributed by atoms with van der Waals surface area (Å²) in [6.07, 6.45) is 1.77. The lowest BCUT2D eigenvalue weighted by Gasteiger charge is -2.20. The molecule has 0 saturated carbocycles. The van der Waals surface area contributed by atoms with Crippen molar-refractivity contribution < 1.29 is 8.42 Å². The maximum Gasteiger partial charge on any atom is 0.244 e. The molecule has 0 atom stereocenters. The lowest BCUT2D eigenvalue weighted by molar-refractivity contribution is 0.410. The Labute approximate surface area is 129 Å². The smallest absolute Gasteiger partial charge is 0.244 e. The molecule has 0 amide bonds. The Hall–Kier alpha value is -1.21. The van der Waals surface area contributed by atoms with E-state index in [0.717, 1.165) is 23.3 Å². The monoisotopic (exact) mass is 322 g/mol. The minimum atomic E-state index is -3.46. The van der Waals surface area contributed by atoms with Crippen molar-refractivity contribution in [3.8, 4) is 0 Å². The first-order valence-electron chi connectivity index (χ1n) is 6.96. The van der Waals surface area contributed by atoms with Crippen LogP contribution in [0.1, 0.15) is 22.4 Å². The lowest BCUT2D eigenvalue weighted by Crippen LogP contribution is -2.31. The van der Waals surface area contributed by atoms with Crippen LogP contribution in [0.4, 0.5) is 0 Å². The molecule has 0 aliphatic carbocycles. The summed E-state index contributed by atoms with van der Waals surface area (Å²) in [7, 11) is -3.46. The van der Waals surface area contributed by atoms with Crippen LogP contribution in [0.5, 0.6) is 0 Å². The number of nitrogens with zero attached hydrogens (tertiary/aromatic N) is 1. The highest BCUT2D eigenvalue weighted by Gasteiger charge is 2.29. The van der Waals surface area contributed by atoms with E-state index in [1.165, 1.54) is 16.9 Å². The van der Waals surface area contributed by atoms with Gasteiger partial charge in [-0.1, -0.05) is 24.3 Å². The van der Waals surface area contributed by atoms with E-state index in [1.807, 2.05) is 18.2 Å². The Balaban J connectivity index is 1.97. The van der Waals surface area contributed by atoms with Crippen LogP contribution in [0.15, 0.2) is 40.6 Å². The zero-order chi connectivity index (χ0) is 14.9. The quantitative estimate of drug-likeness (QED) is 0.943. The number of fused-ring (bicyclic) bond motifs is 1. The van der Waals surface area contributed by atoms with Gasteiger partial charge in [0.15, 0.2) is 0 Å². The van der Waals surface area contributed by atoms with Crippen LogP contribution in [-0.2, 0) is 29.5 Å². The van der Waals surface area contributed by atoms with Gasteiger partial charge in [-0.05, 0) is 35.4 Å². The van der Waals surface area contributed by atoms with Crippen molar-refractivity contribution in [2.45, 2.75) is 30.8 Å². The third kappa shape index (κ3) is 2.76. The summed E-state index contributed by atoms with van der Waals surface area (Å²) >= 11 is 1.40. The van der Waals surface area contributed by atoms with Gasteiger partial charge in [-0.25, -0.2) is 8.42 Å². The molecule has 0 spiro atoms. The number of thiophene rings is 1. The fourth-order valence-electron chi connectivity index (χ4n) is 2.72. The maximum absolute atomic E-state index is 12.9. The minimum Gasteiger partial charge on any atom is -0.326 e. The molecule has 2 N–H and O–H groups in total. The largest absolute Gasteiger partial charge is 0.326 e. The van der Waals surface area contributed by atoms with Gasteiger partial charge in [-0.3, -0.25) is 0 Å². The second-order valence-electron chi connectivity index (χ2n) is 5.12. The number of hydrogen-bond acceptors (Lipinski definition) is 4. The Morgan fingerprint density at radius 3 is 2.71 bits per heavy atom. The van der Waals surface area contributed by atoms with Crippen molar-refractivity contribution in [1.82, 2.24) is 4.31 Å². The van der Waals surface area contributed by atoms with E-state index in [0.29, 0.717) is 18.0 Å². The van der Waals surface area contributed by atoms with Crippen molar-refractivity contribution >= 4 is 21.4 Å². The molecule has 2 heterocycles. The molecule has 0 unspecified atom stereocenters. The molecular formula is C15H18N2O2S2. The standard InChI is InChI=1S/C15H18N2O2S2/c16-10-14-15(7-9-20-14)21(18,19)17-8-3-6-12-4-1-2-5-13(12)11-17/h1-2,4-5,7,9H,3,6,8,10-11,16H2.